The molecule has 2 aromatic rings. The number of hydrogen-bond donors (Lipinski definition) is 1. The first-order chi connectivity index (χ1) is 16.8. The van der Waals surface area contributed by atoms with Crippen LogP contribution in [0.2, 0.25) is 0 Å². The van der Waals surface area contributed by atoms with E-state index < -0.39 is 44.3 Å². The van der Waals surface area contributed by atoms with E-state index in [-0.39, 0.29) is 29.4 Å². The van der Waals surface area contributed by atoms with Crippen LogP contribution in [-0.4, -0.2) is 31.3 Å². The number of amides is 2. The van der Waals surface area contributed by atoms with Crippen LogP contribution in [0.15, 0.2) is 77.5 Å². The van der Waals surface area contributed by atoms with Gasteiger partial charge in [0, 0.05) is 0 Å². The minimum Gasteiger partial charge on any atom is -0.279 e. The Labute approximate surface area is 203 Å². The zero-order valence-corrected chi connectivity index (χ0v) is 19.4. The molecule has 1 aliphatic rings. The average molecular weight is 519 g/mol. The molecule has 0 unspecified atom stereocenters. The molecule has 1 N–H and O–H groups in total. The normalized spacial score (nSPS) is 14.8. The van der Waals surface area contributed by atoms with Crippen LogP contribution in [0.4, 0.5) is 23.2 Å². The Morgan fingerprint density at radius 2 is 1.83 bits per heavy atom. The number of nitrogens with one attached hydrogen (secondary N) is 1. The zero-order chi connectivity index (χ0) is 26.8. The summed E-state index contributed by atoms with van der Waals surface area (Å²) in [5.41, 5.74) is -1.82. The van der Waals surface area contributed by atoms with E-state index in [1.165, 1.54) is 30.3 Å². The molecule has 0 aliphatic carbocycles. The van der Waals surface area contributed by atoms with Gasteiger partial charge in [-0.25, -0.2) is 12.8 Å². The third-order valence-electron chi connectivity index (χ3n) is 5.15. The molecule has 0 saturated carbocycles. The molecule has 0 saturated heterocycles. The topological polar surface area (TPSA) is 107 Å². The molecule has 1 heterocycles. The SMILES string of the molecule is C=C/C(F)=C(\C=C(/C)S(=O)(=O)Nc1cccc2c1C(=O)N(Cc1cccc(C#N)c1)C2=O)C(F)(F)F. The number of anilines is 1. The summed E-state index contributed by atoms with van der Waals surface area (Å²) in [6, 6.07) is 11.9. The Morgan fingerprint density at radius 1 is 1.17 bits per heavy atom. The van der Waals surface area contributed by atoms with Crippen LogP contribution >= 0.6 is 0 Å². The predicted octanol–water partition coefficient (Wildman–Crippen LogP) is 4.97. The molecule has 0 radical (unpaired) electrons. The summed E-state index contributed by atoms with van der Waals surface area (Å²) >= 11 is 0. The molecule has 0 aromatic heterocycles. The first-order valence-corrected chi connectivity index (χ1v) is 11.6. The highest BCUT2D eigenvalue weighted by molar-refractivity contribution is 7.96. The van der Waals surface area contributed by atoms with E-state index in [9.17, 15) is 35.6 Å². The van der Waals surface area contributed by atoms with Crippen molar-refractivity contribution in [3.05, 3.63) is 99.8 Å². The molecule has 3 rings (SSSR count). The van der Waals surface area contributed by atoms with Gasteiger partial charge in [-0.1, -0.05) is 24.8 Å². The molecule has 0 spiro atoms. The fourth-order valence-electron chi connectivity index (χ4n) is 3.39. The van der Waals surface area contributed by atoms with E-state index in [1.54, 1.807) is 12.1 Å². The maximum absolute atomic E-state index is 13.7. The maximum atomic E-state index is 13.7. The van der Waals surface area contributed by atoms with E-state index in [2.05, 4.69) is 6.58 Å². The summed E-state index contributed by atoms with van der Waals surface area (Å²) in [7, 11) is -4.70. The number of allylic oxidation sites excluding steroid dienone is 5. The Hall–Kier alpha value is -4.24. The minimum atomic E-state index is -5.20. The molecule has 2 aromatic carbocycles. The molecule has 1 aliphatic heterocycles. The first-order valence-electron chi connectivity index (χ1n) is 10.1. The fourth-order valence-corrected chi connectivity index (χ4v) is 4.28. The molecule has 0 fully saturated rings. The molecule has 7 nitrogen and oxygen atoms in total. The second kappa shape index (κ2) is 9.79. The van der Waals surface area contributed by atoms with Crippen LogP contribution in [0.3, 0.4) is 0 Å². The number of benzene rings is 2. The second-order valence-electron chi connectivity index (χ2n) is 7.56. The van der Waals surface area contributed by atoms with Gasteiger partial charge >= 0.3 is 6.18 Å². The largest absolute Gasteiger partial charge is 0.419 e. The van der Waals surface area contributed by atoms with Crippen molar-refractivity contribution in [2.24, 2.45) is 0 Å². The van der Waals surface area contributed by atoms with Crippen molar-refractivity contribution in [1.82, 2.24) is 4.90 Å². The van der Waals surface area contributed by atoms with Crippen LogP contribution in [-0.2, 0) is 16.6 Å². The van der Waals surface area contributed by atoms with Gasteiger partial charge in [0.05, 0.1) is 45.5 Å². The Morgan fingerprint density at radius 3 is 2.44 bits per heavy atom. The van der Waals surface area contributed by atoms with Gasteiger partial charge < -0.3 is 0 Å². The second-order valence-corrected chi connectivity index (χ2v) is 9.42. The van der Waals surface area contributed by atoms with Crippen LogP contribution in [0.5, 0.6) is 0 Å². The Balaban J connectivity index is 1.97. The number of imide groups is 1. The highest BCUT2D eigenvalue weighted by atomic mass is 32.2. The first kappa shape index (κ1) is 26.4. The Kier molecular flexibility index (Phi) is 7.17. The number of hydrogen-bond acceptors (Lipinski definition) is 5. The molecule has 2 amide bonds. The standard InChI is InChI=1S/C24H17F4N3O4S/c1-3-19(25)18(24(26,27)28)10-14(2)36(34,35)30-20-9-5-8-17-21(20)23(33)31(22(17)32)13-16-7-4-6-15(11-16)12-29/h3-11,30H,1,13H2,2H3/b14-10+,19-18-. The summed E-state index contributed by atoms with van der Waals surface area (Å²) in [6.45, 7) is 3.53. The van der Waals surface area contributed by atoms with E-state index in [1.807, 2.05) is 10.8 Å². The lowest BCUT2D eigenvalue weighted by atomic mass is 10.1. The van der Waals surface area contributed by atoms with Gasteiger partial charge in [0.25, 0.3) is 21.8 Å². The highest BCUT2D eigenvalue weighted by Gasteiger charge is 2.39. The van der Waals surface area contributed by atoms with Gasteiger partial charge in [-0.05, 0) is 48.9 Å². The average Bonchev–Trinajstić information content (AvgIpc) is 3.06. The Bertz CT molecular complexity index is 1490. The number of carbonyl (C=O) groups excluding carboxylic acids is 2. The minimum absolute atomic E-state index is 0.101. The van der Waals surface area contributed by atoms with Gasteiger partial charge in [-0.3, -0.25) is 19.2 Å². The number of alkyl halides is 3. The van der Waals surface area contributed by atoms with E-state index in [4.69, 9.17) is 5.26 Å². The summed E-state index contributed by atoms with van der Waals surface area (Å²) in [6.07, 6.45) is -4.80. The van der Waals surface area contributed by atoms with Crippen molar-refractivity contribution in [3.8, 4) is 6.07 Å². The van der Waals surface area contributed by atoms with Crippen molar-refractivity contribution in [2.75, 3.05) is 4.72 Å². The van der Waals surface area contributed by atoms with Gasteiger partial charge in [0.2, 0.25) is 0 Å². The molecule has 0 bridgehead atoms. The lowest BCUT2D eigenvalue weighted by molar-refractivity contribution is -0.0897. The molecule has 36 heavy (non-hydrogen) atoms. The monoisotopic (exact) mass is 519 g/mol. The smallest absolute Gasteiger partial charge is 0.279 e. The van der Waals surface area contributed by atoms with Crippen molar-refractivity contribution in [3.63, 3.8) is 0 Å². The number of carbonyl (C=O) groups is 2. The van der Waals surface area contributed by atoms with Crippen LogP contribution < -0.4 is 4.72 Å². The molecule has 0 atom stereocenters. The quantitative estimate of drug-likeness (QED) is 0.316. The zero-order valence-electron chi connectivity index (χ0n) is 18.6. The third-order valence-corrected chi connectivity index (χ3v) is 6.61. The lowest BCUT2D eigenvalue weighted by Gasteiger charge is -2.15. The molecular weight excluding hydrogens is 502 g/mol. The summed E-state index contributed by atoms with van der Waals surface area (Å²) in [5, 5.41) is 9.04. The molecule has 12 heteroatoms. The van der Waals surface area contributed by atoms with E-state index in [0.717, 1.165) is 11.8 Å². The van der Waals surface area contributed by atoms with Gasteiger partial charge in [0.1, 0.15) is 5.83 Å². The van der Waals surface area contributed by atoms with Gasteiger partial charge in [-0.15, -0.1) is 0 Å². The molecular formula is C24H17F4N3O4S. The fraction of sp³-hybridized carbons (Fsp3) is 0.125. The molecule has 186 valence electrons. The summed E-state index contributed by atoms with van der Waals surface area (Å²) in [5.74, 6) is -3.33. The number of halogens is 4. The van der Waals surface area contributed by atoms with Crippen LogP contribution in [0.25, 0.3) is 0 Å². The number of sulfonamides is 1. The van der Waals surface area contributed by atoms with Crippen LogP contribution in [0.1, 0.15) is 38.8 Å². The van der Waals surface area contributed by atoms with Gasteiger partial charge in [0.15, 0.2) is 0 Å². The summed E-state index contributed by atoms with van der Waals surface area (Å²) < 4.78 is 80.7. The van der Waals surface area contributed by atoms with Gasteiger partial charge in [-0.2, -0.15) is 18.4 Å². The maximum Gasteiger partial charge on any atom is 0.419 e. The predicted molar refractivity (Wildman–Crippen MR) is 122 cm³/mol. The third kappa shape index (κ3) is 5.21. The van der Waals surface area contributed by atoms with E-state index in [0.29, 0.717) is 17.2 Å². The van der Waals surface area contributed by atoms with Crippen molar-refractivity contribution >= 4 is 27.5 Å². The number of nitrogens with zero attached hydrogens (tertiary/aromatic N) is 2. The number of fused-ring (bicyclic) bond motifs is 1. The summed E-state index contributed by atoms with van der Waals surface area (Å²) in [4.78, 5) is 25.9. The number of rotatable bonds is 7. The number of nitriles is 1. The lowest BCUT2D eigenvalue weighted by Crippen LogP contribution is -2.29. The highest BCUT2D eigenvalue weighted by Crippen LogP contribution is 2.34. The van der Waals surface area contributed by atoms with Crippen molar-refractivity contribution in [2.45, 2.75) is 19.6 Å². The van der Waals surface area contributed by atoms with Crippen LogP contribution in [0, 0.1) is 11.3 Å². The van der Waals surface area contributed by atoms with E-state index >= 15 is 0 Å². The van der Waals surface area contributed by atoms with Crippen molar-refractivity contribution in [1.29, 1.82) is 5.26 Å². The van der Waals surface area contributed by atoms with Crippen molar-refractivity contribution < 1.29 is 35.6 Å².